The van der Waals surface area contributed by atoms with E-state index in [0.29, 0.717) is 5.69 Å². The third-order valence-corrected chi connectivity index (χ3v) is 3.99. The molecule has 2 aromatic carbocycles. The molecule has 122 valence electrons. The van der Waals surface area contributed by atoms with Crippen LogP contribution < -0.4 is 15.4 Å². The Balaban J connectivity index is 1.88. The largest absolute Gasteiger partial charge is 0.496 e. The van der Waals surface area contributed by atoms with Crippen LogP contribution in [0, 0.1) is 5.82 Å². The summed E-state index contributed by atoms with van der Waals surface area (Å²) in [5, 5.41) is 5.86. The monoisotopic (exact) mass is 380 g/mol. The van der Waals surface area contributed by atoms with Crippen molar-refractivity contribution in [3.8, 4) is 5.75 Å². The molecule has 0 saturated carbocycles. The Morgan fingerprint density at radius 1 is 1.26 bits per heavy atom. The fraction of sp³-hybridized carbons (Fsp3) is 0.235. The maximum atomic E-state index is 12.8. The highest BCUT2D eigenvalue weighted by Crippen LogP contribution is 2.27. The highest BCUT2D eigenvalue weighted by atomic mass is 79.9. The zero-order valence-corrected chi connectivity index (χ0v) is 14.5. The number of hydrogen-bond acceptors (Lipinski definition) is 3. The molecule has 0 aliphatic rings. The fourth-order valence-corrected chi connectivity index (χ4v) is 2.61. The van der Waals surface area contributed by atoms with Gasteiger partial charge in [-0.15, -0.1) is 0 Å². The Hall–Kier alpha value is -1.92. The van der Waals surface area contributed by atoms with Crippen LogP contribution in [0.1, 0.15) is 18.5 Å². The average molecular weight is 381 g/mol. The Kier molecular flexibility index (Phi) is 6.12. The van der Waals surface area contributed by atoms with Crippen LogP contribution in [0.15, 0.2) is 46.9 Å². The first-order valence-corrected chi connectivity index (χ1v) is 7.91. The number of halogens is 2. The number of nitrogens with one attached hydrogen (secondary N) is 2. The number of anilines is 1. The van der Waals surface area contributed by atoms with E-state index in [1.165, 1.54) is 24.3 Å². The zero-order valence-electron chi connectivity index (χ0n) is 12.9. The summed E-state index contributed by atoms with van der Waals surface area (Å²) in [7, 11) is 1.61. The lowest BCUT2D eigenvalue weighted by molar-refractivity contribution is -0.115. The molecule has 0 spiro atoms. The molecule has 1 amide bonds. The summed E-state index contributed by atoms with van der Waals surface area (Å²) >= 11 is 3.44. The van der Waals surface area contributed by atoms with Gasteiger partial charge in [0.2, 0.25) is 5.91 Å². The van der Waals surface area contributed by atoms with Crippen molar-refractivity contribution in [2.75, 3.05) is 19.0 Å². The molecule has 0 bridgehead atoms. The number of methoxy groups -OCH3 is 1. The molecule has 23 heavy (non-hydrogen) atoms. The van der Waals surface area contributed by atoms with E-state index in [2.05, 4.69) is 26.6 Å². The number of rotatable bonds is 6. The van der Waals surface area contributed by atoms with Gasteiger partial charge in [-0.2, -0.15) is 0 Å². The molecule has 0 saturated heterocycles. The van der Waals surface area contributed by atoms with E-state index in [4.69, 9.17) is 4.74 Å². The van der Waals surface area contributed by atoms with Crippen LogP contribution in [0.25, 0.3) is 0 Å². The second kappa shape index (κ2) is 8.08. The van der Waals surface area contributed by atoms with E-state index >= 15 is 0 Å². The molecule has 0 aromatic heterocycles. The van der Waals surface area contributed by atoms with E-state index < -0.39 is 0 Å². The molecule has 0 radical (unpaired) electrons. The number of carbonyl (C=O) groups is 1. The standard InChI is InChI=1S/C17H18BrFN2O2/c1-11(12-3-8-16(23-2)15(18)9-12)20-10-17(22)21-14-6-4-13(19)5-7-14/h3-9,11,20H,10H2,1-2H3,(H,21,22)/t11-/m0/s1. The lowest BCUT2D eigenvalue weighted by atomic mass is 10.1. The van der Waals surface area contributed by atoms with Crippen molar-refractivity contribution in [3.05, 3.63) is 58.3 Å². The number of carbonyl (C=O) groups excluding carboxylic acids is 1. The van der Waals surface area contributed by atoms with Gasteiger partial charge in [0.1, 0.15) is 11.6 Å². The molecule has 2 N–H and O–H groups in total. The van der Waals surface area contributed by atoms with Gasteiger partial charge in [-0.05, 0) is 64.8 Å². The normalized spacial score (nSPS) is 11.8. The van der Waals surface area contributed by atoms with E-state index in [9.17, 15) is 9.18 Å². The second-order valence-corrected chi connectivity index (χ2v) is 5.91. The van der Waals surface area contributed by atoms with Gasteiger partial charge in [-0.25, -0.2) is 4.39 Å². The minimum atomic E-state index is -0.333. The third-order valence-electron chi connectivity index (χ3n) is 3.37. The molecule has 2 aromatic rings. The summed E-state index contributed by atoms with van der Waals surface area (Å²) in [6, 6.07) is 11.4. The van der Waals surface area contributed by atoms with Gasteiger partial charge in [0.05, 0.1) is 18.1 Å². The molecule has 0 unspecified atom stereocenters. The van der Waals surface area contributed by atoms with E-state index in [1.807, 2.05) is 25.1 Å². The molecule has 0 fully saturated rings. The molecule has 2 rings (SSSR count). The summed E-state index contributed by atoms with van der Waals surface area (Å²) in [6.45, 7) is 2.13. The first-order chi connectivity index (χ1) is 11.0. The Labute approximate surface area is 143 Å². The maximum absolute atomic E-state index is 12.8. The van der Waals surface area contributed by atoms with E-state index in [-0.39, 0.29) is 24.3 Å². The van der Waals surface area contributed by atoms with Crippen molar-refractivity contribution in [2.24, 2.45) is 0 Å². The molecule has 1 atom stereocenters. The Morgan fingerprint density at radius 3 is 2.57 bits per heavy atom. The van der Waals surface area contributed by atoms with Crippen molar-refractivity contribution < 1.29 is 13.9 Å². The van der Waals surface area contributed by atoms with Crippen LogP contribution in [-0.2, 0) is 4.79 Å². The van der Waals surface area contributed by atoms with Gasteiger partial charge in [0.25, 0.3) is 0 Å². The molecule has 6 heteroatoms. The van der Waals surface area contributed by atoms with Gasteiger partial charge in [0, 0.05) is 11.7 Å². The SMILES string of the molecule is COc1ccc([C@H](C)NCC(=O)Nc2ccc(F)cc2)cc1Br. The molecule has 0 aliphatic heterocycles. The topological polar surface area (TPSA) is 50.4 Å². The van der Waals surface area contributed by atoms with Crippen molar-refractivity contribution in [3.63, 3.8) is 0 Å². The smallest absolute Gasteiger partial charge is 0.238 e. The van der Waals surface area contributed by atoms with Crippen LogP contribution in [0.5, 0.6) is 5.75 Å². The molecular formula is C17H18BrFN2O2. The molecule has 0 aliphatic carbocycles. The predicted molar refractivity (Wildman–Crippen MR) is 92.1 cm³/mol. The summed E-state index contributed by atoms with van der Waals surface area (Å²) in [4.78, 5) is 11.9. The summed E-state index contributed by atoms with van der Waals surface area (Å²) in [5.41, 5.74) is 1.60. The van der Waals surface area contributed by atoms with Gasteiger partial charge < -0.3 is 15.4 Å². The number of hydrogen-bond donors (Lipinski definition) is 2. The number of ether oxygens (including phenoxy) is 1. The number of benzene rings is 2. The Bertz CT molecular complexity index is 677. The summed E-state index contributed by atoms with van der Waals surface area (Å²) < 4.78 is 18.9. The minimum Gasteiger partial charge on any atom is -0.496 e. The second-order valence-electron chi connectivity index (χ2n) is 5.05. The summed E-state index contributed by atoms with van der Waals surface area (Å²) in [5.74, 6) is 0.242. The van der Waals surface area contributed by atoms with Crippen LogP contribution in [0.3, 0.4) is 0 Å². The van der Waals surface area contributed by atoms with Gasteiger partial charge in [-0.3, -0.25) is 4.79 Å². The van der Waals surface area contributed by atoms with Crippen molar-refractivity contribution in [2.45, 2.75) is 13.0 Å². The minimum absolute atomic E-state index is 0.00354. The lowest BCUT2D eigenvalue weighted by Crippen LogP contribution is -2.30. The van der Waals surface area contributed by atoms with E-state index in [1.54, 1.807) is 7.11 Å². The van der Waals surface area contributed by atoms with Crippen LogP contribution in [0.4, 0.5) is 10.1 Å². The zero-order chi connectivity index (χ0) is 16.8. The highest BCUT2D eigenvalue weighted by Gasteiger charge is 2.10. The van der Waals surface area contributed by atoms with Crippen LogP contribution >= 0.6 is 15.9 Å². The van der Waals surface area contributed by atoms with Gasteiger partial charge >= 0.3 is 0 Å². The lowest BCUT2D eigenvalue weighted by Gasteiger charge is -2.15. The predicted octanol–water partition coefficient (Wildman–Crippen LogP) is 3.89. The first kappa shape index (κ1) is 17.4. The van der Waals surface area contributed by atoms with E-state index in [0.717, 1.165) is 15.8 Å². The summed E-state index contributed by atoms with van der Waals surface area (Å²) in [6.07, 6.45) is 0. The average Bonchev–Trinajstić information content (AvgIpc) is 2.54. The Morgan fingerprint density at radius 2 is 1.96 bits per heavy atom. The third kappa shape index (κ3) is 5.04. The van der Waals surface area contributed by atoms with Crippen molar-refractivity contribution in [1.29, 1.82) is 0 Å². The first-order valence-electron chi connectivity index (χ1n) is 7.12. The quantitative estimate of drug-likeness (QED) is 0.799. The molecular weight excluding hydrogens is 363 g/mol. The maximum Gasteiger partial charge on any atom is 0.238 e. The molecule has 0 heterocycles. The van der Waals surface area contributed by atoms with Crippen LogP contribution in [-0.4, -0.2) is 19.6 Å². The van der Waals surface area contributed by atoms with Gasteiger partial charge in [-0.1, -0.05) is 6.07 Å². The fourth-order valence-electron chi connectivity index (χ4n) is 2.05. The highest BCUT2D eigenvalue weighted by molar-refractivity contribution is 9.10. The van der Waals surface area contributed by atoms with Gasteiger partial charge in [0.15, 0.2) is 0 Å². The number of amides is 1. The molecule has 4 nitrogen and oxygen atoms in total. The van der Waals surface area contributed by atoms with Crippen molar-refractivity contribution >= 4 is 27.5 Å². The van der Waals surface area contributed by atoms with Crippen LogP contribution in [0.2, 0.25) is 0 Å². The van der Waals surface area contributed by atoms with Crippen molar-refractivity contribution in [1.82, 2.24) is 5.32 Å².